The number of hydrogen-bond donors (Lipinski definition) is 1. The van der Waals surface area contributed by atoms with Crippen LogP contribution in [0.3, 0.4) is 0 Å². The van der Waals surface area contributed by atoms with Gasteiger partial charge in [0.25, 0.3) is 5.56 Å². The van der Waals surface area contributed by atoms with Crippen molar-refractivity contribution >= 4 is 56.2 Å². The summed E-state index contributed by atoms with van der Waals surface area (Å²) >= 11 is 4.64. The van der Waals surface area contributed by atoms with Crippen LogP contribution in [-0.4, -0.2) is 20.4 Å². The van der Waals surface area contributed by atoms with Crippen molar-refractivity contribution in [2.45, 2.75) is 36.6 Å². The minimum atomic E-state index is -0.0833. The third-order valence-corrected chi connectivity index (χ3v) is 8.37. The molecule has 1 amide bonds. The Labute approximate surface area is 191 Å². The predicted molar refractivity (Wildman–Crippen MR) is 127 cm³/mol. The van der Waals surface area contributed by atoms with Crippen molar-refractivity contribution in [1.82, 2.24) is 14.5 Å². The number of carbonyl (C=O) groups is 1. The highest BCUT2D eigenvalue weighted by Crippen LogP contribution is 2.35. The zero-order valence-corrected chi connectivity index (χ0v) is 19.3. The fourth-order valence-corrected chi connectivity index (χ4v) is 6.80. The highest BCUT2D eigenvalue weighted by Gasteiger charge is 2.22. The second-order valence-electron chi connectivity index (χ2n) is 7.41. The molecule has 158 valence electrons. The van der Waals surface area contributed by atoms with Crippen molar-refractivity contribution in [2.24, 2.45) is 7.05 Å². The van der Waals surface area contributed by atoms with Gasteiger partial charge in [-0.1, -0.05) is 30.0 Å². The monoisotopic (exact) mass is 468 g/mol. The summed E-state index contributed by atoms with van der Waals surface area (Å²) in [5.41, 5.74) is 2.92. The molecule has 5 rings (SSSR count). The summed E-state index contributed by atoms with van der Waals surface area (Å²) in [6.07, 6.45) is 3.42. The number of hydrogen-bond acceptors (Lipinski definition) is 7. The fourth-order valence-electron chi connectivity index (χ4n) is 3.73. The maximum atomic E-state index is 12.9. The first-order valence-electron chi connectivity index (χ1n) is 10.0. The Hall–Kier alpha value is -2.49. The number of nitrogens with one attached hydrogen (secondary N) is 1. The van der Waals surface area contributed by atoms with E-state index in [4.69, 9.17) is 4.98 Å². The van der Waals surface area contributed by atoms with Crippen molar-refractivity contribution in [3.05, 3.63) is 67.2 Å². The maximum Gasteiger partial charge on any atom is 0.262 e. The zero-order valence-electron chi connectivity index (χ0n) is 16.9. The van der Waals surface area contributed by atoms with Gasteiger partial charge in [-0.2, -0.15) is 0 Å². The van der Waals surface area contributed by atoms with Gasteiger partial charge in [0.15, 0.2) is 5.16 Å². The summed E-state index contributed by atoms with van der Waals surface area (Å²) in [6.45, 7) is 0. The molecule has 0 bridgehead atoms. The number of aryl methyl sites for hydroxylation is 2. The maximum absolute atomic E-state index is 12.9. The summed E-state index contributed by atoms with van der Waals surface area (Å²) in [6, 6.07) is 9.40. The van der Waals surface area contributed by atoms with Crippen molar-refractivity contribution in [1.29, 1.82) is 0 Å². The molecule has 0 fully saturated rings. The van der Waals surface area contributed by atoms with E-state index in [0.29, 0.717) is 10.9 Å². The van der Waals surface area contributed by atoms with Crippen molar-refractivity contribution in [2.75, 3.05) is 5.32 Å². The molecule has 0 unspecified atom stereocenters. The Morgan fingerprint density at radius 2 is 2.06 bits per heavy atom. The zero-order chi connectivity index (χ0) is 21.4. The lowest BCUT2D eigenvalue weighted by Crippen LogP contribution is -2.20. The molecule has 1 aliphatic carbocycles. The molecular weight excluding hydrogens is 448 g/mol. The number of nitrogens with zero attached hydrogens (tertiary/aromatic N) is 3. The Kier molecular flexibility index (Phi) is 5.64. The molecule has 4 aromatic rings. The smallest absolute Gasteiger partial charge is 0.262 e. The van der Waals surface area contributed by atoms with Crippen LogP contribution in [0, 0.1) is 0 Å². The van der Waals surface area contributed by atoms with Crippen molar-refractivity contribution in [3.63, 3.8) is 0 Å². The lowest BCUT2D eigenvalue weighted by molar-refractivity contribution is -0.115. The SMILES string of the molecule is Cn1c(SCc2csc(CC(=O)Nc3ccccc3)n2)nc2sc3c(c2c1=O)CCC3. The highest BCUT2D eigenvalue weighted by molar-refractivity contribution is 7.98. The first-order valence-corrected chi connectivity index (χ1v) is 12.7. The van der Waals surface area contributed by atoms with Gasteiger partial charge in [-0.3, -0.25) is 14.2 Å². The third kappa shape index (κ3) is 4.17. The summed E-state index contributed by atoms with van der Waals surface area (Å²) in [4.78, 5) is 36.7. The van der Waals surface area contributed by atoms with Gasteiger partial charge in [0.05, 0.1) is 17.5 Å². The van der Waals surface area contributed by atoms with Gasteiger partial charge in [0.2, 0.25) is 5.91 Å². The molecule has 0 saturated carbocycles. The van der Waals surface area contributed by atoms with Crippen molar-refractivity contribution in [3.8, 4) is 0 Å². The molecule has 3 aromatic heterocycles. The predicted octanol–water partition coefficient (Wildman–Crippen LogP) is 4.41. The van der Waals surface area contributed by atoms with E-state index in [1.165, 1.54) is 33.5 Å². The molecule has 0 aliphatic heterocycles. The van der Waals surface area contributed by atoms with E-state index in [1.54, 1.807) is 23.0 Å². The number of fused-ring (bicyclic) bond motifs is 3. The summed E-state index contributed by atoms with van der Waals surface area (Å²) < 4.78 is 1.65. The van der Waals surface area contributed by atoms with Crippen LogP contribution < -0.4 is 10.9 Å². The molecule has 0 saturated heterocycles. The molecule has 31 heavy (non-hydrogen) atoms. The van der Waals surface area contributed by atoms with Gasteiger partial charge >= 0.3 is 0 Å². The molecule has 3 heterocycles. The quantitative estimate of drug-likeness (QED) is 0.335. The molecule has 9 heteroatoms. The number of thiazole rings is 1. The van der Waals surface area contributed by atoms with E-state index in [1.807, 2.05) is 35.7 Å². The average molecular weight is 469 g/mol. The first-order chi connectivity index (χ1) is 15.1. The fraction of sp³-hybridized carbons (Fsp3) is 0.273. The Morgan fingerprint density at radius 1 is 1.23 bits per heavy atom. The topological polar surface area (TPSA) is 76.9 Å². The van der Waals surface area contributed by atoms with Crippen LogP contribution in [0.25, 0.3) is 10.2 Å². The molecule has 0 radical (unpaired) electrons. The molecule has 0 spiro atoms. The van der Waals surface area contributed by atoms with E-state index >= 15 is 0 Å². The van der Waals surface area contributed by atoms with E-state index in [9.17, 15) is 9.59 Å². The number of para-hydroxylation sites is 1. The largest absolute Gasteiger partial charge is 0.326 e. The summed E-state index contributed by atoms with van der Waals surface area (Å²) in [5.74, 6) is 0.522. The van der Waals surface area contributed by atoms with Gasteiger partial charge in [0.1, 0.15) is 9.84 Å². The highest BCUT2D eigenvalue weighted by atomic mass is 32.2. The van der Waals surface area contributed by atoms with Gasteiger partial charge in [-0.05, 0) is 37.0 Å². The summed E-state index contributed by atoms with van der Waals surface area (Å²) in [7, 11) is 1.79. The molecule has 1 aromatic carbocycles. The van der Waals surface area contributed by atoms with Gasteiger partial charge in [-0.15, -0.1) is 22.7 Å². The minimum absolute atomic E-state index is 0.0449. The number of anilines is 1. The second-order valence-corrected chi connectivity index (χ2v) is 10.4. The van der Waals surface area contributed by atoms with Crippen LogP contribution in [0.2, 0.25) is 0 Å². The van der Waals surface area contributed by atoms with Crippen molar-refractivity contribution < 1.29 is 4.79 Å². The Bertz CT molecular complexity index is 1320. The van der Waals surface area contributed by atoms with Gasteiger partial charge < -0.3 is 5.32 Å². The van der Waals surface area contributed by atoms with Crippen LogP contribution >= 0.6 is 34.4 Å². The molecule has 0 atom stereocenters. The Morgan fingerprint density at radius 3 is 2.90 bits per heavy atom. The normalized spacial score (nSPS) is 12.9. The molecule has 6 nitrogen and oxygen atoms in total. The van der Waals surface area contributed by atoms with Gasteiger partial charge in [0, 0.05) is 28.7 Å². The lowest BCUT2D eigenvalue weighted by atomic mass is 10.2. The second kappa shape index (κ2) is 8.57. The van der Waals surface area contributed by atoms with E-state index in [-0.39, 0.29) is 17.9 Å². The first kappa shape index (κ1) is 20.4. The third-order valence-electron chi connectivity index (χ3n) is 5.22. The van der Waals surface area contributed by atoms with E-state index in [2.05, 4.69) is 10.3 Å². The number of amides is 1. The lowest BCUT2D eigenvalue weighted by Gasteiger charge is -2.06. The number of carbonyl (C=O) groups excluding carboxylic acids is 1. The minimum Gasteiger partial charge on any atom is -0.326 e. The Balaban J connectivity index is 1.26. The van der Waals surface area contributed by atoms with Crippen LogP contribution in [0.5, 0.6) is 0 Å². The van der Waals surface area contributed by atoms with Crippen LogP contribution in [0.4, 0.5) is 5.69 Å². The number of rotatable bonds is 6. The van der Waals surface area contributed by atoms with Crippen LogP contribution in [0.1, 0.15) is 27.6 Å². The molecule has 1 N–H and O–H groups in total. The number of thioether (sulfide) groups is 1. The number of thiophene rings is 1. The van der Waals surface area contributed by atoms with E-state index in [0.717, 1.165) is 45.9 Å². The number of benzene rings is 1. The van der Waals surface area contributed by atoms with Crippen LogP contribution in [-0.2, 0) is 36.9 Å². The van der Waals surface area contributed by atoms with Gasteiger partial charge in [-0.25, -0.2) is 9.97 Å². The molecular formula is C22H20N4O2S3. The summed E-state index contributed by atoms with van der Waals surface area (Å²) in [5, 5.41) is 7.13. The molecule has 1 aliphatic rings. The average Bonchev–Trinajstić information content (AvgIpc) is 3.46. The number of aromatic nitrogens is 3. The standard InChI is InChI=1S/C22H20N4O2S3/c1-26-21(28)19-15-8-5-9-16(15)31-20(19)25-22(26)30-12-14-11-29-18(24-14)10-17(27)23-13-6-3-2-4-7-13/h2-4,6-7,11H,5,8-10,12H2,1H3,(H,23,27). The van der Waals surface area contributed by atoms with E-state index < -0.39 is 0 Å². The van der Waals surface area contributed by atoms with Crippen LogP contribution in [0.15, 0.2) is 45.7 Å².